The summed E-state index contributed by atoms with van der Waals surface area (Å²) in [6.07, 6.45) is 3.58. The van der Waals surface area contributed by atoms with Crippen molar-refractivity contribution in [2.45, 2.75) is 81.8 Å². The van der Waals surface area contributed by atoms with E-state index in [2.05, 4.69) is 0 Å². The molecule has 0 radical (unpaired) electrons. The van der Waals surface area contributed by atoms with Crippen LogP contribution in [0.15, 0.2) is 84.1 Å². The molecule has 0 bridgehead atoms. The normalized spacial score (nSPS) is 37.8. The molecule has 7 unspecified atom stereocenters. The number of rotatable bonds is 12. The molecule has 9 nitrogen and oxygen atoms in total. The largest absolute Gasteiger partial charge is 0.504 e. The zero-order valence-corrected chi connectivity index (χ0v) is 25.4. The molecule has 236 valence electrons. The molecule has 0 saturated heterocycles. The number of hydrogen-bond acceptors (Lipinski definition) is 9. The molecule has 0 aliphatic heterocycles. The topological polar surface area (TPSA) is 135 Å². The standard InChI is InChI=1S/C35H42O9/c1-23-16-17-32(44-22-42-20-27-12-8-5-9-13-27)31(3,18-25-14-15-25)34(39)29(37)28(36)24(2)33(34,38)35(32,40)30(23)43-21-41-19-26-10-6-4-7-11-26/h4-15,23,25,30,36,38-40H,16-22H2,1-3H3. The Hall–Kier alpha value is -2.89. The van der Waals surface area contributed by atoms with Crippen LogP contribution in [0.3, 0.4) is 0 Å². The van der Waals surface area contributed by atoms with Gasteiger partial charge in [-0.1, -0.05) is 86.7 Å². The molecule has 2 aromatic rings. The Bertz CT molecular complexity index is 1440. The highest BCUT2D eigenvalue weighted by atomic mass is 16.7. The predicted octanol–water partition coefficient (Wildman–Crippen LogP) is 4.11. The van der Waals surface area contributed by atoms with Gasteiger partial charge < -0.3 is 39.4 Å². The van der Waals surface area contributed by atoms with Crippen molar-refractivity contribution in [2.75, 3.05) is 13.6 Å². The fraction of sp³-hybridized carbons (Fsp3) is 0.514. The minimum absolute atomic E-state index is 0.0925. The van der Waals surface area contributed by atoms with Crippen LogP contribution in [0.2, 0.25) is 0 Å². The van der Waals surface area contributed by atoms with Crippen molar-refractivity contribution in [3.8, 4) is 0 Å². The third kappa shape index (κ3) is 4.14. The minimum atomic E-state index is -2.64. The number of ketones is 1. The molecular formula is C35H42O9. The number of allylic oxidation sites excluding steroid dienone is 2. The zero-order valence-electron chi connectivity index (χ0n) is 25.4. The molecule has 6 rings (SSSR count). The van der Waals surface area contributed by atoms with Crippen LogP contribution < -0.4 is 0 Å². The molecular weight excluding hydrogens is 564 g/mol. The van der Waals surface area contributed by atoms with Gasteiger partial charge in [0.25, 0.3) is 0 Å². The van der Waals surface area contributed by atoms with Crippen molar-refractivity contribution in [1.82, 2.24) is 0 Å². The van der Waals surface area contributed by atoms with Crippen molar-refractivity contribution in [1.29, 1.82) is 0 Å². The van der Waals surface area contributed by atoms with Gasteiger partial charge in [-0.25, -0.2) is 0 Å². The van der Waals surface area contributed by atoms with Gasteiger partial charge in [0.05, 0.1) is 19.3 Å². The molecule has 0 heterocycles. The third-order valence-electron chi connectivity index (χ3n) is 10.8. The van der Waals surface area contributed by atoms with Crippen LogP contribution in [-0.4, -0.2) is 68.3 Å². The van der Waals surface area contributed by atoms with Gasteiger partial charge in [-0.3, -0.25) is 4.79 Å². The zero-order chi connectivity index (χ0) is 31.4. The Kier molecular flexibility index (Phi) is 7.90. The van der Waals surface area contributed by atoms with Crippen LogP contribution >= 0.6 is 0 Å². The van der Waals surface area contributed by atoms with E-state index in [1.807, 2.05) is 79.7 Å². The van der Waals surface area contributed by atoms with E-state index in [0.29, 0.717) is 6.42 Å². The molecule has 7 atom stereocenters. The van der Waals surface area contributed by atoms with E-state index in [0.717, 1.165) is 11.1 Å². The highest BCUT2D eigenvalue weighted by Gasteiger charge is 2.94. The summed E-state index contributed by atoms with van der Waals surface area (Å²) in [6.45, 7) is 4.88. The monoisotopic (exact) mass is 606 g/mol. The van der Waals surface area contributed by atoms with E-state index >= 15 is 0 Å². The lowest BCUT2D eigenvalue weighted by molar-refractivity contribution is -0.332. The number of fused-ring (bicyclic) bond motifs is 3. The maximum Gasteiger partial charge on any atom is 0.232 e. The van der Waals surface area contributed by atoms with Gasteiger partial charge in [0, 0.05) is 11.0 Å². The maximum atomic E-state index is 13.9. The average molecular weight is 607 g/mol. The number of benzene rings is 2. The predicted molar refractivity (Wildman–Crippen MR) is 160 cm³/mol. The van der Waals surface area contributed by atoms with Gasteiger partial charge in [0.15, 0.2) is 22.6 Å². The van der Waals surface area contributed by atoms with Gasteiger partial charge >= 0.3 is 0 Å². The lowest BCUT2D eigenvalue weighted by Crippen LogP contribution is -2.75. The molecule has 2 aromatic carbocycles. The number of Topliss-reactive ketones (excluding diaryl/α,β-unsaturated/α-hetero) is 1. The van der Waals surface area contributed by atoms with Crippen LogP contribution in [0, 0.1) is 17.3 Å². The first-order chi connectivity index (χ1) is 21.0. The lowest BCUT2D eigenvalue weighted by Gasteiger charge is -2.58. The van der Waals surface area contributed by atoms with E-state index < -0.39 is 45.5 Å². The Morgan fingerprint density at radius 1 is 0.864 bits per heavy atom. The van der Waals surface area contributed by atoms with E-state index in [4.69, 9.17) is 18.9 Å². The summed E-state index contributed by atoms with van der Waals surface area (Å²) in [5.41, 5.74) is -9.32. The number of carbonyl (C=O) groups is 1. The summed E-state index contributed by atoms with van der Waals surface area (Å²) < 4.78 is 24.7. The molecule has 4 aliphatic carbocycles. The highest BCUT2D eigenvalue weighted by Crippen LogP contribution is 2.75. The van der Waals surface area contributed by atoms with Crippen LogP contribution in [0.1, 0.15) is 51.2 Å². The SMILES string of the molecule is CC1=C(O)C(=O)C2(O)C(C)(CC3C=C3)C3(OCOCc4ccccc4)CCC(C)C(OCOCc4ccccc4)C3(O)C12O. The Morgan fingerprint density at radius 2 is 1.43 bits per heavy atom. The third-order valence-corrected chi connectivity index (χ3v) is 10.8. The van der Waals surface area contributed by atoms with Gasteiger partial charge in [-0.15, -0.1) is 0 Å². The summed E-state index contributed by atoms with van der Waals surface area (Å²) in [4.78, 5) is 13.9. The average Bonchev–Trinajstić information content (AvgIpc) is 3.82. The van der Waals surface area contributed by atoms with E-state index in [-0.39, 0.29) is 57.1 Å². The van der Waals surface area contributed by atoms with E-state index in [9.17, 15) is 25.2 Å². The van der Waals surface area contributed by atoms with Crippen molar-refractivity contribution in [2.24, 2.45) is 17.3 Å². The first-order valence-corrected chi connectivity index (χ1v) is 15.3. The number of hydrogen-bond donors (Lipinski definition) is 4. The molecule has 44 heavy (non-hydrogen) atoms. The first-order valence-electron chi connectivity index (χ1n) is 15.3. The molecule has 0 spiro atoms. The Balaban J connectivity index is 1.40. The summed E-state index contributed by atoms with van der Waals surface area (Å²) >= 11 is 0. The Labute approximate surface area is 257 Å². The Morgan fingerprint density at radius 3 is 2.00 bits per heavy atom. The van der Waals surface area contributed by atoms with Crippen LogP contribution in [0.25, 0.3) is 0 Å². The fourth-order valence-electron chi connectivity index (χ4n) is 8.42. The van der Waals surface area contributed by atoms with Gasteiger partial charge in [0.1, 0.15) is 19.2 Å². The van der Waals surface area contributed by atoms with Crippen molar-refractivity contribution < 1.29 is 44.2 Å². The van der Waals surface area contributed by atoms with Gasteiger partial charge in [0.2, 0.25) is 5.78 Å². The number of aliphatic hydroxyl groups is 4. The highest BCUT2D eigenvalue weighted by molar-refractivity contribution is 6.07. The fourth-order valence-corrected chi connectivity index (χ4v) is 8.42. The van der Waals surface area contributed by atoms with Crippen molar-refractivity contribution in [3.05, 3.63) is 95.3 Å². The molecule has 4 N–H and O–H groups in total. The van der Waals surface area contributed by atoms with Crippen molar-refractivity contribution >= 4 is 5.78 Å². The van der Waals surface area contributed by atoms with Crippen LogP contribution in [-0.2, 0) is 37.0 Å². The van der Waals surface area contributed by atoms with E-state index in [1.54, 1.807) is 6.92 Å². The summed E-state index contributed by atoms with van der Waals surface area (Å²) in [6, 6.07) is 19.1. The summed E-state index contributed by atoms with van der Waals surface area (Å²) in [5, 5.41) is 49.5. The number of ether oxygens (including phenoxy) is 4. The minimum Gasteiger partial charge on any atom is -0.504 e. The first kappa shape index (κ1) is 31.1. The maximum absolute atomic E-state index is 13.9. The molecule has 4 aliphatic rings. The van der Waals surface area contributed by atoms with Crippen molar-refractivity contribution in [3.63, 3.8) is 0 Å². The molecule has 2 fully saturated rings. The quantitative estimate of drug-likeness (QED) is 0.160. The molecule has 0 amide bonds. The van der Waals surface area contributed by atoms with Crippen LogP contribution in [0.4, 0.5) is 0 Å². The van der Waals surface area contributed by atoms with E-state index in [1.165, 1.54) is 6.92 Å². The van der Waals surface area contributed by atoms with Crippen LogP contribution in [0.5, 0.6) is 0 Å². The molecule has 2 saturated carbocycles. The van der Waals surface area contributed by atoms with Gasteiger partial charge in [-0.2, -0.15) is 0 Å². The smallest absolute Gasteiger partial charge is 0.232 e. The number of carbonyl (C=O) groups excluding carboxylic acids is 1. The summed E-state index contributed by atoms with van der Waals surface area (Å²) in [7, 11) is 0. The second-order valence-corrected chi connectivity index (χ2v) is 13.1. The summed E-state index contributed by atoms with van der Waals surface area (Å²) in [5.74, 6) is -2.24. The second kappa shape index (κ2) is 11.2. The second-order valence-electron chi connectivity index (χ2n) is 13.1. The lowest BCUT2D eigenvalue weighted by atomic mass is 9.56. The number of aliphatic hydroxyl groups excluding tert-OH is 1. The molecule has 0 aromatic heterocycles. The van der Waals surface area contributed by atoms with Gasteiger partial charge in [-0.05, 0) is 49.1 Å². The molecule has 9 heteroatoms.